The standard InChI is InChI=1S/C12H16N2O6/c1-2-3-6-4-14(12(19)13-10(6)18)11-9(17)8(16)7(5-15)20-11/h2-4,7-9,11,15-17H,5H2,1H3,(H,13,18,19)/t7-,8-,9-,11-/m1/s1. The molecule has 0 aliphatic carbocycles. The smallest absolute Gasteiger partial charge is 0.330 e. The molecule has 1 saturated heterocycles. The number of nitrogens with one attached hydrogen (secondary N) is 1. The molecular weight excluding hydrogens is 268 g/mol. The molecule has 0 amide bonds. The summed E-state index contributed by atoms with van der Waals surface area (Å²) in [5, 5.41) is 28.6. The Kier molecular flexibility index (Phi) is 4.19. The van der Waals surface area contributed by atoms with Crippen molar-refractivity contribution in [2.45, 2.75) is 31.5 Å². The third kappa shape index (κ3) is 2.46. The second-order valence-electron chi connectivity index (χ2n) is 4.48. The number of rotatable bonds is 3. The van der Waals surface area contributed by atoms with E-state index < -0.39 is 42.4 Å². The highest BCUT2D eigenvalue weighted by Gasteiger charge is 2.43. The molecule has 2 heterocycles. The van der Waals surface area contributed by atoms with Crippen LogP contribution in [0.25, 0.3) is 6.08 Å². The van der Waals surface area contributed by atoms with E-state index in [0.29, 0.717) is 0 Å². The number of aromatic nitrogens is 2. The zero-order valence-corrected chi connectivity index (χ0v) is 10.8. The van der Waals surface area contributed by atoms with E-state index in [2.05, 4.69) is 4.98 Å². The molecule has 1 aliphatic heterocycles. The van der Waals surface area contributed by atoms with Crippen molar-refractivity contribution in [2.75, 3.05) is 6.61 Å². The number of aliphatic hydroxyl groups is 3. The van der Waals surface area contributed by atoms with E-state index in [0.717, 1.165) is 4.57 Å². The van der Waals surface area contributed by atoms with Crippen LogP contribution in [0.3, 0.4) is 0 Å². The minimum absolute atomic E-state index is 0.213. The molecule has 0 unspecified atom stereocenters. The monoisotopic (exact) mass is 284 g/mol. The number of H-pyrrole nitrogens is 1. The maximum atomic E-state index is 11.8. The lowest BCUT2D eigenvalue weighted by molar-refractivity contribution is -0.0550. The Morgan fingerprint density at radius 2 is 2.10 bits per heavy atom. The highest BCUT2D eigenvalue weighted by Crippen LogP contribution is 2.27. The molecule has 2 rings (SSSR count). The van der Waals surface area contributed by atoms with Crippen LogP contribution in [0.5, 0.6) is 0 Å². The van der Waals surface area contributed by atoms with Gasteiger partial charge in [-0.2, -0.15) is 0 Å². The van der Waals surface area contributed by atoms with Gasteiger partial charge >= 0.3 is 5.69 Å². The maximum Gasteiger partial charge on any atom is 0.330 e. The second-order valence-corrected chi connectivity index (χ2v) is 4.48. The lowest BCUT2D eigenvalue weighted by atomic mass is 10.1. The summed E-state index contributed by atoms with van der Waals surface area (Å²) in [6, 6.07) is 0. The van der Waals surface area contributed by atoms with E-state index in [-0.39, 0.29) is 5.56 Å². The van der Waals surface area contributed by atoms with Gasteiger partial charge in [0.05, 0.1) is 12.2 Å². The Bertz CT molecular complexity index is 619. The van der Waals surface area contributed by atoms with Gasteiger partial charge in [-0.15, -0.1) is 0 Å². The Morgan fingerprint density at radius 3 is 2.65 bits per heavy atom. The van der Waals surface area contributed by atoms with Gasteiger partial charge in [0.2, 0.25) is 0 Å². The van der Waals surface area contributed by atoms with Gasteiger partial charge in [0.15, 0.2) is 6.23 Å². The summed E-state index contributed by atoms with van der Waals surface area (Å²) < 4.78 is 6.23. The van der Waals surface area contributed by atoms with Crippen molar-refractivity contribution in [3.05, 3.63) is 38.7 Å². The van der Waals surface area contributed by atoms with Crippen molar-refractivity contribution < 1.29 is 20.1 Å². The molecule has 110 valence electrons. The number of aromatic amines is 1. The Hall–Kier alpha value is -1.74. The average Bonchev–Trinajstić information content (AvgIpc) is 2.70. The van der Waals surface area contributed by atoms with E-state index in [4.69, 9.17) is 9.84 Å². The van der Waals surface area contributed by atoms with E-state index >= 15 is 0 Å². The first kappa shape index (κ1) is 14.7. The van der Waals surface area contributed by atoms with Gasteiger partial charge < -0.3 is 20.1 Å². The lowest BCUT2D eigenvalue weighted by Crippen LogP contribution is -2.38. The Balaban J connectivity index is 2.46. The molecular formula is C12H16N2O6. The van der Waals surface area contributed by atoms with Crippen LogP contribution in [0, 0.1) is 0 Å². The average molecular weight is 284 g/mol. The molecule has 4 atom stereocenters. The molecule has 20 heavy (non-hydrogen) atoms. The van der Waals surface area contributed by atoms with Gasteiger partial charge in [-0.3, -0.25) is 14.3 Å². The van der Waals surface area contributed by atoms with Crippen LogP contribution in [-0.2, 0) is 4.74 Å². The fourth-order valence-corrected chi connectivity index (χ4v) is 2.10. The van der Waals surface area contributed by atoms with Crippen molar-refractivity contribution in [1.29, 1.82) is 0 Å². The lowest BCUT2D eigenvalue weighted by Gasteiger charge is -2.17. The topological polar surface area (TPSA) is 125 Å². The summed E-state index contributed by atoms with van der Waals surface area (Å²) in [6.45, 7) is 1.22. The summed E-state index contributed by atoms with van der Waals surface area (Å²) in [6.07, 6.45) is -0.494. The molecule has 4 N–H and O–H groups in total. The van der Waals surface area contributed by atoms with Crippen LogP contribution in [0.2, 0.25) is 0 Å². The molecule has 1 aliphatic rings. The number of ether oxygens (including phenoxy) is 1. The molecule has 8 heteroatoms. The maximum absolute atomic E-state index is 11.8. The summed E-state index contributed by atoms with van der Waals surface area (Å²) in [4.78, 5) is 25.4. The summed E-state index contributed by atoms with van der Waals surface area (Å²) in [5.41, 5.74) is -1.11. The Morgan fingerprint density at radius 1 is 1.40 bits per heavy atom. The number of allylic oxidation sites excluding steroid dienone is 1. The Labute approximate surface area is 113 Å². The molecule has 1 fully saturated rings. The predicted octanol–water partition coefficient (Wildman–Crippen LogP) is -1.82. The zero-order valence-electron chi connectivity index (χ0n) is 10.8. The third-order valence-electron chi connectivity index (χ3n) is 3.13. The highest BCUT2D eigenvalue weighted by atomic mass is 16.6. The number of hydrogen-bond donors (Lipinski definition) is 4. The first-order chi connectivity index (χ1) is 9.49. The predicted molar refractivity (Wildman–Crippen MR) is 69.0 cm³/mol. The second kappa shape index (κ2) is 5.71. The van der Waals surface area contributed by atoms with E-state index in [1.807, 2.05) is 0 Å². The van der Waals surface area contributed by atoms with Crippen molar-refractivity contribution in [2.24, 2.45) is 0 Å². The van der Waals surface area contributed by atoms with Gasteiger partial charge in [0, 0.05) is 6.20 Å². The molecule has 0 aromatic carbocycles. The number of hydrogen-bond acceptors (Lipinski definition) is 6. The van der Waals surface area contributed by atoms with Crippen LogP contribution in [0.15, 0.2) is 21.9 Å². The fraction of sp³-hybridized carbons (Fsp3) is 0.500. The quantitative estimate of drug-likeness (QED) is 0.518. The summed E-state index contributed by atoms with van der Waals surface area (Å²) in [5.74, 6) is 0. The van der Waals surface area contributed by atoms with Crippen molar-refractivity contribution in [3.8, 4) is 0 Å². The van der Waals surface area contributed by atoms with Crippen molar-refractivity contribution >= 4 is 6.08 Å². The molecule has 8 nitrogen and oxygen atoms in total. The zero-order chi connectivity index (χ0) is 14.9. The molecule has 1 aromatic rings. The van der Waals surface area contributed by atoms with E-state index in [1.165, 1.54) is 12.3 Å². The van der Waals surface area contributed by atoms with Gasteiger partial charge in [0.25, 0.3) is 5.56 Å². The van der Waals surface area contributed by atoms with E-state index in [9.17, 15) is 19.8 Å². The van der Waals surface area contributed by atoms with Gasteiger partial charge in [-0.1, -0.05) is 12.2 Å². The first-order valence-corrected chi connectivity index (χ1v) is 6.10. The normalized spacial score (nSPS) is 30.2. The molecule has 0 bridgehead atoms. The van der Waals surface area contributed by atoms with Crippen molar-refractivity contribution in [1.82, 2.24) is 9.55 Å². The molecule has 0 saturated carbocycles. The van der Waals surface area contributed by atoms with Crippen LogP contribution in [0.4, 0.5) is 0 Å². The largest absolute Gasteiger partial charge is 0.394 e. The van der Waals surface area contributed by atoms with Crippen molar-refractivity contribution in [3.63, 3.8) is 0 Å². The number of nitrogens with zero attached hydrogens (tertiary/aromatic N) is 1. The first-order valence-electron chi connectivity index (χ1n) is 6.10. The fourth-order valence-electron chi connectivity index (χ4n) is 2.10. The molecule has 0 radical (unpaired) electrons. The third-order valence-corrected chi connectivity index (χ3v) is 3.13. The SMILES string of the molecule is CC=Cc1cn([C@@H]2O[C@H](CO)[C@@H](O)[C@H]2O)c(=O)[nH]c1=O. The summed E-state index contributed by atoms with van der Waals surface area (Å²) >= 11 is 0. The van der Waals surface area contributed by atoms with Crippen LogP contribution >= 0.6 is 0 Å². The van der Waals surface area contributed by atoms with Gasteiger partial charge in [-0.05, 0) is 6.92 Å². The number of aliphatic hydroxyl groups excluding tert-OH is 3. The van der Waals surface area contributed by atoms with Gasteiger partial charge in [-0.25, -0.2) is 4.79 Å². The minimum Gasteiger partial charge on any atom is -0.394 e. The minimum atomic E-state index is -1.38. The molecule has 0 spiro atoms. The van der Waals surface area contributed by atoms with Crippen LogP contribution in [0.1, 0.15) is 18.7 Å². The van der Waals surface area contributed by atoms with Crippen LogP contribution in [-0.4, -0.2) is 49.8 Å². The summed E-state index contributed by atoms with van der Waals surface area (Å²) in [7, 11) is 0. The van der Waals surface area contributed by atoms with E-state index in [1.54, 1.807) is 13.0 Å². The molecule has 1 aromatic heterocycles. The van der Waals surface area contributed by atoms with Gasteiger partial charge in [0.1, 0.15) is 18.3 Å². The van der Waals surface area contributed by atoms with Crippen LogP contribution < -0.4 is 11.2 Å². The highest BCUT2D eigenvalue weighted by molar-refractivity contribution is 5.45.